The SMILES string of the molecule is O=C(CN1C(=O)c2cc(Cl)c(Cl)cc2C1=O)OCc1ccccc1OC(F)F. The molecule has 0 unspecified atom stereocenters. The Morgan fingerprint density at radius 1 is 1.04 bits per heavy atom. The Morgan fingerprint density at radius 2 is 1.61 bits per heavy atom. The van der Waals surface area contributed by atoms with Gasteiger partial charge in [-0.15, -0.1) is 0 Å². The van der Waals surface area contributed by atoms with E-state index >= 15 is 0 Å². The third-order valence-corrected chi connectivity index (χ3v) is 4.60. The monoisotopic (exact) mass is 429 g/mol. The molecule has 0 fully saturated rings. The molecule has 0 N–H and O–H groups in total. The summed E-state index contributed by atoms with van der Waals surface area (Å²) in [6.45, 7) is -4.06. The van der Waals surface area contributed by atoms with Crippen LogP contribution in [-0.4, -0.2) is 35.8 Å². The number of nitrogens with zero attached hydrogens (tertiary/aromatic N) is 1. The zero-order chi connectivity index (χ0) is 20.4. The van der Waals surface area contributed by atoms with Gasteiger partial charge in [0.2, 0.25) is 0 Å². The van der Waals surface area contributed by atoms with Crippen LogP contribution >= 0.6 is 23.2 Å². The summed E-state index contributed by atoms with van der Waals surface area (Å²) in [4.78, 5) is 37.5. The van der Waals surface area contributed by atoms with Gasteiger partial charge >= 0.3 is 12.6 Å². The summed E-state index contributed by atoms with van der Waals surface area (Å²) < 4.78 is 34.2. The molecule has 1 heterocycles. The van der Waals surface area contributed by atoms with Gasteiger partial charge in [0.25, 0.3) is 11.8 Å². The molecule has 6 nitrogen and oxygen atoms in total. The first-order chi connectivity index (χ1) is 13.3. The molecule has 0 spiro atoms. The van der Waals surface area contributed by atoms with Crippen molar-refractivity contribution in [3.8, 4) is 5.75 Å². The number of para-hydroxylation sites is 1. The second kappa shape index (κ2) is 8.12. The highest BCUT2D eigenvalue weighted by atomic mass is 35.5. The summed E-state index contributed by atoms with van der Waals surface area (Å²) in [6, 6.07) is 8.28. The number of ether oxygens (including phenoxy) is 2. The van der Waals surface area contributed by atoms with Crippen molar-refractivity contribution in [1.29, 1.82) is 0 Å². The molecule has 28 heavy (non-hydrogen) atoms. The van der Waals surface area contributed by atoms with Gasteiger partial charge in [-0.2, -0.15) is 8.78 Å². The lowest BCUT2D eigenvalue weighted by Crippen LogP contribution is -2.35. The minimum Gasteiger partial charge on any atom is -0.459 e. The van der Waals surface area contributed by atoms with Crippen molar-refractivity contribution >= 4 is 41.0 Å². The molecule has 10 heteroatoms. The molecule has 0 bridgehead atoms. The van der Waals surface area contributed by atoms with E-state index in [1.807, 2.05) is 0 Å². The van der Waals surface area contributed by atoms with Crippen LogP contribution in [0.3, 0.4) is 0 Å². The smallest absolute Gasteiger partial charge is 0.387 e. The first-order valence-corrected chi connectivity index (χ1v) is 8.57. The van der Waals surface area contributed by atoms with Gasteiger partial charge in [0, 0.05) is 5.56 Å². The van der Waals surface area contributed by atoms with Crippen LogP contribution in [0.4, 0.5) is 8.78 Å². The van der Waals surface area contributed by atoms with E-state index in [1.54, 1.807) is 6.07 Å². The van der Waals surface area contributed by atoms with Gasteiger partial charge < -0.3 is 9.47 Å². The zero-order valence-corrected chi connectivity index (χ0v) is 15.5. The van der Waals surface area contributed by atoms with Crippen LogP contribution in [0.25, 0.3) is 0 Å². The number of alkyl halides is 2. The van der Waals surface area contributed by atoms with E-state index in [4.69, 9.17) is 27.9 Å². The van der Waals surface area contributed by atoms with Gasteiger partial charge in [0.05, 0.1) is 21.2 Å². The Hall–Kier alpha value is -2.71. The van der Waals surface area contributed by atoms with Crippen molar-refractivity contribution in [2.45, 2.75) is 13.2 Å². The van der Waals surface area contributed by atoms with Crippen LogP contribution in [0, 0.1) is 0 Å². The normalized spacial score (nSPS) is 13.1. The highest BCUT2D eigenvalue weighted by Gasteiger charge is 2.37. The van der Waals surface area contributed by atoms with E-state index < -0.39 is 30.9 Å². The van der Waals surface area contributed by atoms with E-state index in [-0.39, 0.29) is 39.1 Å². The molecule has 0 atom stereocenters. The quantitative estimate of drug-likeness (QED) is 0.513. The van der Waals surface area contributed by atoms with Crippen LogP contribution in [0.2, 0.25) is 10.0 Å². The predicted molar refractivity (Wildman–Crippen MR) is 94.7 cm³/mol. The molecule has 146 valence electrons. The van der Waals surface area contributed by atoms with Gasteiger partial charge in [0.1, 0.15) is 18.9 Å². The van der Waals surface area contributed by atoms with Gasteiger partial charge in [0.15, 0.2) is 0 Å². The van der Waals surface area contributed by atoms with Crippen molar-refractivity contribution in [2.24, 2.45) is 0 Å². The van der Waals surface area contributed by atoms with Crippen LogP contribution < -0.4 is 4.74 Å². The third-order valence-electron chi connectivity index (χ3n) is 3.88. The summed E-state index contributed by atoms with van der Waals surface area (Å²) in [5.41, 5.74) is 0.267. The van der Waals surface area contributed by atoms with E-state index in [0.29, 0.717) is 4.90 Å². The molecule has 0 saturated heterocycles. The lowest BCUT2D eigenvalue weighted by atomic mass is 10.1. The van der Waals surface area contributed by atoms with E-state index in [0.717, 1.165) is 0 Å². The Balaban J connectivity index is 1.66. The van der Waals surface area contributed by atoms with E-state index in [2.05, 4.69) is 4.74 Å². The zero-order valence-electron chi connectivity index (χ0n) is 14.0. The number of fused-ring (bicyclic) bond motifs is 1. The second-order valence-corrected chi connectivity index (χ2v) is 6.47. The van der Waals surface area contributed by atoms with Crippen LogP contribution in [0.15, 0.2) is 36.4 Å². The van der Waals surface area contributed by atoms with E-state index in [9.17, 15) is 23.2 Å². The van der Waals surface area contributed by atoms with Crippen molar-refractivity contribution in [3.63, 3.8) is 0 Å². The lowest BCUT2D eigenvalue weighted by molar-refractivity contribution is -0.145. The molecule has 2 amide bonds. The summed E-state index contributed by atoms with van der Waals surface area (Å²) in [6.07, 6.45) is 0. The summed E-state index contributed by atoms with van der Waals surface area (Å²) in [5, 5.41) is 0.197. The van der Waals surface area contributed by atoms with Crippen molar-refractivity contribution in [3.05, 3.63) is 63.1 Å². The molecule has 0 aliphatic carbocycles. The number of esters is 1. The molecule has 0 radical (unpaired) electrons. The first kappa shape index (κ1) is 20.0. The molecule has 1 aliphatic heterocycles. The van der Waals surface area contributed by atoms with Gasteiger partial charge in [-0.05, 0) is 18.2 Å². The maximum absolute atomic E-state index is 12.4. The molecule has 1 aliphatic rings. The number of benzene rings is 2. The minimum absolute atomic E-state index is 0.0304. The Bertz CT molecular complexity index is 926. The lowest BCUT2D eigenvalue weighted by Gasteiger charge is -2.14. The van der Waals surface area contributed by atoms with E-state index in [1.165, 1.54) is 30.3 Å². The van der Waals surface area contributed by atoms with Crippen molar-refractivity contribution in [2.75, 3.05) is 6.54 Å². The topological polar surface area (TPSA) is 72.9 Å². The van der Waals surface area contributed by atoms with Gasteiger partial charge in [-0.25, -0.2) is 0 Å². The van der Waals surface area contributed by atoms with Gasteiger partial charge in [-0.1, -0.05) is 41.4 Å². The maximum atomic E-state index is 12.4. The Morgan fingerprint density at radius 3 is 2.18 bits per heavy atom. The average Bonchev–Trinajstić information content (AvgIpc) is 2.86. The molecule has 0 saturated carbocycles. The fourth-order valence-electron chi connectivity index (χ4n) is 2.59. The fraction of sp³-hybridized carbons (Fsp3) is 0.167. The summed E-state index contributed by atoms with van der Waals surface area (Å²) in [5.74, 6) is -2.47. The maximum Gasteiger partial charge on any atom is 0.387 e. The van der Waals surface area contributed by atoms with Crippen molar-refractivity contribution in [1.82, 2.24) is 4.90 Å². The largest absolute Gasteiger partial charge is 0.459 e. The van der Waals surface area contributed by atoms with Crippen LogP contribution in [0.5, 0.6) is 5.75 Å². The highest BCUT2D eigenvalue weighted by Crippen LogP contribution is 2.31. The van der Waals surface area contributed by atoms with Crippen LogP contribution in [-0.2, 0) is 16.1 Å². The minimum atomic E-state index is -3.03. The number of hydrogen-bond acceptors (Lipinski definition) is 5. The number of carbonyl (C=O) groups is 3. The second-order valence-electron chi connectivity index (χ2n) is 5.66. The standard InChI is InChI=1S/C18H11Cl2F2NO5/c19-12-5-10-11(6-13(12)20)17(26)23(16(10)25)7-15(24)27-8-9-3-1-2-4-14(9)28-18(21)22/h1-6,18H,7-8H2. The molecule has 0 aromatic heterocycles. The molecule has 2 aromatic rings. The number of carbonyl (C=O) groups excluding carboxylic acids is 3. The third kappa shape index (κ3) is 4.07. The fourth-order valence-corrected chi connectivity index (χ4v) is 2.92. The Kier molecular flexibility index (Phi) is 5.81. The number of halogens is 4. The molecular formula is C18H11Cl2F2NO5. The molecular weight excluding hydrogens is 419 g/mol. The predicted octanol–water partition coefficient (Wildman–Crippen LogP) is 3.93. The first-order valence-electron chi connectivity index (χ1n) is 7.81. The number of amides is 2. The van der Waals surface area contributed by atoms with Gasteiger partial charge in [-0.3, -0.25) is 19.3 Å². The average molecular weight is 430 g/mol. The van der Waals surface area contributed by atoms with Crippen molar-refractivity contribution < 1.29 is 32.6 Å². The molecule has 2 aromatic carbocycles. The van der Waals surface area contributed by atoms with Crippen LogP contribution in [0.1, 0.15) is 26.3 Å². The number of rotatable bonds is 6. The Labute approximate surface area is 167 Å². The summed E-state index contributed by atoms with van der Waals surface area (Å²) in [7, 11) is 0. The number of imide groups is 1. The number of hydrogen-bond donors (Lipinski definition) is 0. The molecule has 3 rings (SSSR count). The highest BCUT2D eigenvalue weighted by molar-refractivity contribution is 6.43. The summed E-state index contributed by atoms with van der Waals surface area (Å²) >= 11 is 11.7.